The van der Waals surface area contributed by atoms with E-state index in [0.29, 0.717) is 25.7 Å². The number of hydrogen-bond donors (Lipinski definition) is 0. The van der Waals surface area contributed by atoms with Gasteiger partial charge in [0.2, 0.25) is 5.91 Å². The molecule has 1 aromatic carbocycles. The van der Waals surface area contributed by atoms with Crippen LogP contribution in [0, 0.1) is 13.8 Å². The fourth-order valence-electron chi connectivity index (χ4n) is 3.43. The summed E-state index contributed by atoms with van der Waals surface area (Å²) in [7, 11) is 0. The van der Waals surface area contributed by atoms with Crippen molar-refractivity contribution in [3.05, 3.63) is 53.3 Å². The van der Waals surface area contributed by atoms with Crippen LogP contribution in [-0.2, 0) is 16.1 Å². The van der Waals surface area contributed by atoms with E-state index in [2.05, 4.69) is 34.9 Å². The number of hydrogen-bond acceptors (Lipinski definition) is 3. The predicted octanol–water partition coefficient (Wildman–Crippen LogP) is 3.27. The van der Waals surface area contributed by atoms with E-state index in [1.807, 2.05) is 30.0 Å². The topological polar surface area (TPSA) is 47.4 Å². The number of nitrogens with zero attached hydrogens (tertiary/aromatic N) is 3. The zero-order valence-electron chi connectivity index (χ0n) is 15.1. The van der Waals surface area contributed by atoms with Gasteiger partial charge >= 0.3 is 0 Å². The number of likely N-dealkylation sites (tertiary alicyclic amines) is 1. The number of rotatable bonds is 7. The zero-order valence-corrected chi connectivity index (χ0v) is 15.1. The monoisotopic (exact) mass is 341 g/mol. The molecule has 0 aliphatic carbocycles. The van der Waals surface area contributed by atoms with Crippen LogP contribution in [0.4, 0.5) is 0 Å². The van der Waals surface area contributed by atoms with Crippen LogP contribution >= 0.6 is 0 Å². The van der Waals surface area contributed by atoms with Crippen LogP contribution in [-0.4, -0.2) is 40.3 Å². The van der Waals surface area contributed by atoms with E-state index in [4.69, 9.17) is 4.74 Å². The summed E-state index contributed by atoms with van der Waals surface area (Å²) in [5.41, 5.74) is 3.38. The molecule has 5 heteroatoms. The van der Waals surface area contributed by atoms with Crippen LogP contribution in [0.5, 0.6) is 0 Å². The Morgan fingerprint density at radius 2 is 2.08 bits per heavy atom. The summed E-state index contributed by atoms with van der Waals surface area (Å²) in [6, 6.07) is 12.5. The molecular formula is C20H27N3O2. The molecule has 134 valence electrons. The predicted molar refractivity (Wildman–Crippen MR) is 97.3 cm³/mol. The summed E-state index contributed by atoms with van der Waals surface area (Å²) in [4.78, 5) is 14.4. The molecule has 0 unspecified atom stereocenters. The molecule has 1 amide bonds. The van der Waals surface area contributed by atoms with E-state index in [-0.39, 0.29) is 5.91 Å². The highest BCUT2D eigenvalue weighted by atomic mass is 16.5. The molecule has 0 radical (unpaired) electrons. The van der Waals surface area contributed by atoms with Gasteiger partial charge in [-0.15, -0.1) is 0 Å². The van der Waals surface area contributed by atoms with Crippen LogP contribution in [0.3, 0.4) is 0 Å². The van der Waals surface area contributed by atoms with Gasteiger partial charge in [-0.2, -0.15) is 5.10 Å². The molecule has 2 heterocycles. The Morgan fingerprint density at radius 3 is 2.80 bits per heavy atom. The van der Waals surface area contributed by atoms with Gasteiger partial charge in [0.15, 0.2) is 0 Å². The molecule has 1 aliphatic rings. The number of carbonyl (C=O) groups excluding carboxylic acids is 1. The van der Waals surface area contributed by atoms with E-state index in [9.17, 15) is 4.79 Å². The van der Waals surface area contributed by atoms with E-state index >= 15 is 0 Å². The summed E-state index contributed by atoms with van der Waals surface area (Å²) >= 11 is 0. The lowest BCUT2D eigenvalue weighted by molar-refractivity contribution is -0.130. The van der Waals surface area contributed by atoms with Gasteiger partial charge in [0, 0.05) is 31.8 Å². The Bertz CT molecular complexity index is 696. The second-order valence-electron chi connectivity index (χ2n) is 6.80. The number of amides is 1. The molecule has 2 aromatic rings. The molecule has 0 spiro atoms. The van der Waals surface area contributed by atoms with Crippen LogP contribution in [0.2, 0.25) is 0 Å². The number of carbonyl (C=O) groups is 1. The van der Waals surface area contributed by atoms with Gasteiger partial charge in [-0.1, -0.05) is 30.3 Å². The summed E-state index contributed by atoms with van der Waals surface area (Å²) in [5.74, 6) is 0.229. The molecule has 1 aliphatic heterocycles. The van der Waals surface area contributed by atoms with Crippen molar-refractivity contribution in [1.29, 1.82) is 0 Å². The number of ether oxygens (including phenoxy) is 1. The minimum atomic E-state index is 0.229. The van der Waals surface area contributed by atoms with Crippen molar-refractivity contribution in [3.63, 3.8) is 0 Å². The summed E-state index contributed by atoms with van der Waals surface area (Å²) in [6.07, 6.45) is 2.31. The van der Waals surface area contributed by atoms with Gasteiger partial charge in [-0.05, 0) is 38.3 Å². The highest BCUT2D eigenvalue weighted by molar-refractivity contribution is 5.76. The fourth-order valence-corrected chi connectivity index (χ4v) is 3.43. The second kappa shape index (κ2) is 8.30. The molecule has 1 atom stereocenters. The Kier molecular flexibility index (Phi) is 5.87. The van der Waals surface area contributed by atoms with Crippen molar-refractivity contribution < 1.29 is 9.53 Å². The van der Waals surface area contributed by atoms with Crippen LogP contribution in [0.1, 0.15) is 42.3 Å². The summed E-state index contributed by atoms with van der Waals surface area (Å²) < 4.78 is 7.73. The average molecular weight is 341 g/mol. The van der Waals surface area contributed by atoms with Gasteiger partial charge < -0.3 is 9.64 Å². The number of aryl methyl sites for hydroxylation is 2. The van der Waals surface area contributed by atoms with Crippen molar-refractivity contribution in [2.24, 2.45) is 0 Å². The highest BCUT2D eigenvalue weighted by Crippen LogP contribution is 2.23. The maximum absolute atomic E-state index is 12.4. The molecular weight excluding hydrogens is 314 g/mol. The molecule has 3 rings (SSSR count). The Hall–Kier alpha value is -2.14. The minimum Gasteiger partial charge on any atom is -0.377 e. The molecule has 0 saturated carbocycles. The first-order valence-corrected chi connectivity index (χ1v) is 9.05. The summed E-state index contributed by atoms with van der Waals surface area (Å²) in [6.45, 7) is 6.91. The third-order valence-corrected chi connectivity index (χ3v) is 4.70. The molecule has 25 heavy (non-hydrogen) atoms. The molecule has 1 saturated heterocycles. The first-order valence-electron chi connectivity index (χ1n) is 9.05. The van der Waals surface area contributed by atoms with E-state index in [1.165, 1.54) is 11.3 Å². The number of benzene rings is 1. The third kappa shape index (κ3) is 4.69. The average Bonchev–Trinajstić information content (AvgIpc) is 3.21. The van der Waals surface area contributed by atoms with Crippen molar-refractivity contribution in [2.45, 2.75) is 45.8 Å². The molecule has 1 aromatic heterocycles. The molecule has 0 bridgehead atoms. The lowest BCUT2D eigenvalue weighted by Crippen LogP contribution is -2.29. The highest BCUT2D eigenvalue weighted by Gasteiger charge is 2.28. The molecule has 1 fully saturated rings. The van der Waals surface area contributed by atoms with Gasteiger partial charge in [0.1, 0.15) is 0 Å². The second-order valence-corrected chi connectivity index (χ2v) is 6.80. The van der Waals surface area contributed by atoms with Crippen molar-refractivity contribution >= 4 is 5.91 Å². The standard InChI is InChI=1S/C20H27N3O2/c1-16-13-17(2)23(21-16)19-10-11-22(14-19)20(24)9-6-12-25-15-18-7-4-3-5-8-18/h3-5,7-8,13,19H,6,9-12,14-15H2,1-2H3/t19-/m0/s1. The van der Waals surface area contributed by atoms with Crippen LogP contribution in [0.15, 0.2) is 36.4 Å². The lowest BCUT2D eigenvalue weighted by atomic mass is 10.2. The van der Waals surface area contributed by atoms with Crippen molar-refractivity contribution in [3.8, 4) is 0 Å². The Labute approximate surface area is 149 Å². The molecule has 5 nitrogen and oxygen atoms in total. The van der Waals surface area contributed by atoms with Crippen LogP contribution in [0.25, 0.3) is 0 Å². The Morgan fingerprint density at radius 1 is 1.28 bits per heavy atom. The number of aromatic nitrogens is 2. The SMILES string of the molecule is Cc1cc(C)n([C@H]2CCN(C(=O)CCCOCc3ccccc3)C2)n1. The molecule has 0 N–H and O–H groups in total. The quantitative estimate of drug-likeness (QED) is 0.726. The smallest absolute Gasteiger partial charge is 0.222 e. The first-order chi connectivity index (χ1) is 12.1. The third-order valence-electron chi connectivity index (χ3n) is 4.70. The fraction of sp³-hybridized carbons (Fsp3) is 0.500. The summed E-state index contributed by atoms with van der Waals surface area (Å²) in [5, 5.41) is 4.56. The first kappa shape index (κ1) is 17.7. The zero-order chi connectivity index (χ0) is 17.6. The van der Waals surface area contributed by atoms with E-state index in [0.717, 1.165) is 31.6 Å². The van der Waals surface area contributed by atoms with Crippen molar-refractivity contribution in [2.75, 3.05) is 19.7 Å². The maximum atomic E-state index is 12.4. The van der Waals surface area contributed by atoms with Gasteiger partial charge in [0.05, 0.1) is 18.3 Å². The van der Waals surface area contributed by atoms with E-state index in [1.54, 1.807) is 0 Å². The van der Waals surface area contributed by atoms with Gasteiger partial charge in [0.25, 0.3) is 0 Å². The van der Waals surface area contributed by atoms with Gasteiger partial charge in [-0.25, -0.2) is 0 Å². The Balaban J connectivity index is 1.37. The normalized spacial score (nSPS) is 17.2. The van der Waals surface area contributed by atoms with Gasteiger partial charge in [-0.3, -0.25) is 9.48 Å². The lowest BCUT2D eigenvalue weighted by Gasteiger charge is -2.17. The largest absolute Gasteiger partial charge is 0.377 e. The van der Waals surface area contributed by atoms with Crippen LogP contribution < -0.4 is 0 Å². The van der Waals surface area contributed by atoms with Crippen molar-refractivity contribution in [1.82, 2.24) is 14.7 Å². The van der Waals surface area contributed by atoms with E-state index < -0.39 is 0 Å². The minimum absolute atomic E-state index is 0.229. The maximum Gasteiger partial charge on any atom is 0.222 e.